The molecule has 2 heteroatoms. The summed E-state index contributed by atoms with van der Waals surface area (Å²) in [6, 6.07) is 0. The molecule has 2 nitrogen and oxygen atoms in total. The molecule has 0 aromatic rings. The number of ether oxygens (including phenoxy) is 1. The van der Waals surface area contributed by atoms with Crippen molar-refractivity contribution >= 4 is 0 Å². The van der Waals surface area contributed by atoms with Crippen LogP contribution >= 0.6 is 0 Å². The first-order valence-electron chi connectivity index (χ1n) is 9.61. The number of fused-ring (bicyclic) bond motifs is 1. The van der Waals surface area contributed by atoms with Crippen LogP contribution < -0.4 is 0 Å². The third kappa shape index (κ3) is 2.75. The van der Waals surface area contributed by atoms with Crippen LogP contribution in [0.5, 0.6) is 0 Å². The SMILES string of the molecule is CCCC(O)COC1CC(C)(C)C2CCC3(C)CCCC12C3. The van der Waals surface area contributed by atoms with Gasteiger partial charge < -0.3 is 9.84 Å². The van der Waals surface area contributed by atoms with E-state index in [0.29, 0.717) is 29.0 Å². The molecule has 3 aliphatic rings. The first kappa shape index (κ1) is 16.8. The van der Waals surface area contributed by atoms with Crippen LogP contribution in [-0.4, -0.2) is 23.9 Å². The van der Waals surface area contributed by atoms with Crippen molar-refractivity contribution in [3.8, 4) is 0 Å². The molecule has 0 aromatic carbocycles. The van der Waals surface area contributed by atoms with E-state index in [4.69, 9.17) is 4.74 Å². The predicted molar refractivity (Wildman–Crippen MR) is 90.8 cm³/mol. The molecule has 128 valence electrons. The third-order valence-corrected chi connectivity index (χ3v) is 7.32. The quantitative estimate of drug-likeness (QED) is 0.779. The lowest BCUT2D eigenvalue weighted by Gasteiger charge is -2.56. The fourth-order valence-electron chi connectivity index (χ4n) is 6.47. The van der Waals surface area contributed by atoms with Crippen molar-refractivity contribution in [2.75, 3.05) is 6.61 Å². The second-order valence-corrected chi connectivity index (χ2v) is 9.62. The maximum atomic E-state index is 10.1. The van der Waals surface area contributed by atoms with Crippen LogP contribution in [-0.2, 0) is 4.74 Å². The van der Waals surface area contributed by atoms with Gasteiger partial charge in [-0.1, -0.05) is 40.5 Å². The Morgan fingerprint density at radius 2 is 1.95 bits per heavy atom. The minimum absolute atomic E-state index is 0.276. The first-order chi connectivity index (χ1) is 10.3. The summed E-state index contributed by atoms with van der Waals surface area (Å²) in [5, 5.41) is 10.1. The molecular weight excluding hydrogens is 272 g/mol. The highest BCUT2D eigenvalue weighted by Gasteiger charge is 2.63. The average Bonchev–Trinajstić information content (AvgIpc) is 2.62. The molecule has 2 bridgehead atoms. The lowest BCUT2D eigenvalue weighted by Crippen LogP contribution is -2.49. The van der Waals surface area contributed by atoms with E-state index in [1.807, 2.05) is 0 Å². The Labute approximate surface area is 137 Å². The Balaban J connectivity index is 1.78. The summed E-state index contributed by atoms with van der Waals surface area (Å²) in [4.78, 5) is 0. The molecule has 0 heterocycles. The molecule has 0 saturated heterocycles. The molecule has 3 aliphatic carbocycles. The van der Waals surface area contributed by atoms with Crippen molar-refractivity contribution in [1.29, 1.82) is 0 Å². The van der Waals surface area contributed by atoms with Crippen LogP contribution in [0.1, 0.15) is 85.5 Å². The smallest absolute Gasteiger partial charge is 0.0773 e. The van der Waals surface area contributed by atoms with Gasteiger partial charge in [0.1, 0.15) is 0 Å². The molecule has 0 aliphatic heterocycles. The maximum Gasteiger partial charge on any atom is 0.0773 e. The third-order valence-electron chi connectivity index (χ3n) is 7.32. The topological polar surface area (TPSA) is 29.5 Å². The maximum absolute atomic E-state index is 10.1. The van der Waals surface area contributed by atoms with Gasteiger partial charge in [-0.15, -0.1) is 0 Å². The van der Waals surface area contributed by atoms with Gasteiger partial charge in [0, 0.05) is 5.41 Å². The van der Waals surface area contributed by atoms with E-state index in [0.717, 1.165) is 18.8 Å². The molecule has 0 amide bonds. The van der Waals surface area contributed by atoms with E-state index >= 15 is 0 Å². The molecule has 3 rings (SSSR count). The lowest BCUT2D eigenvalue weighted by molar-refractivity contribution is -0.126. The molecule has 5 atom stereocenters. The molecular formula is C20H36O2. The highest BCUT2D eigenvalue weighted by Crippen LogP contribution is 2.69. The summed E-state index contributed by atoms with van der Waals surface area (Å²) in [6.45, 7) is 10.1. The molecule has 3 fully saturated rings. The van der Waals surface area contributed by atoms with E-state index in [1.54, 1.807) is 0 Å². The zero-order valence-corrected chi connectivity index (χ0v) is 15.2. The van der Waals surface area contributed by atoms with Gasteiger partial charge in [0.2, 0.25) is 0 Å². The Hall–Kier alpha value is -0.0800. The van der Waals surface area contributed by atoms with Gasteiger partial charge in [-0.2, -0.15) is 0 Å². The Morgan fingerprint density at radius 1 is 1.18 bits per heavy atom. The summed E-state index contributed by atoms with van der Waals surface area (Å²) in [6.07, 6.45) is 11.5. The van der Waals surface area contributed by atoms with E-state index in [9.17, 15) is 5.11 Å². The van der Waals surface area contributed by atoms with Crippen molar-refractivity contribution in [2.24, 2.45) is 22.2 Å². The van der Waals surface area contributed by atoms with Crippen molar-refractivity contribution < 1.29 is 9.84 Å². The lowest BCUT2D eigenvalue weighted by atomic mass is 9.50. The van der Waals surface area contributed by atoms with Gasteiger partial charge in [0.25, 0.3) is 0 Å². The molecule has 1 N–H and O–H groups in total. The number of rotatable bonds is 5. The van der Waals surface area contributed by atoms with Crippen LogP contribution in [0.15, 0.2) is 0 Å². The van der Waals surface area contributed by atoms with Crippen LogP contribution in [0.2, 0.25) is 0 Å². The second kappa shape index (κ2) is 5.77. The Bertz CT molecular complexity index is 405. The van der Waals surface area contributed by atoms with Crippen LogP contribution in [0, 0.1) is 22.2 Å². The molecule has 3 saturated carbocycles. The van der Waals surface area contributed by atoms with Crippen molar-refractivity contribution in [1.82, 2.24) is 0 Å². The molecule has 22 heavy (non-hydrogen) atoms. The van der Waals surface area contributed by atoms with E-state index < -0.39 is 0 Å². The molecule has 1 spiro atoms. The number of hydrogen-bond donors (Lipinski definition) is 1. The number of aliphatic hydroxyl groups excluding tert-OH is 1. The summed E-state index contributed by atoms with van der Waals surface area (Å²) in [7, 11) is 0. The fourth-order valence-corrected chi connectivity index (χ4v) is 6.47. The van der Waals surface area contributed by atoms with E-state index in [1.165, 1.54) is 44.9 Å². The van der Waals surface area contributed by atoms with E-state index in [-0.39, 0.29) is 6.10 Å². The van der Waals surface area contributed by atoms with Crippen LogP contribution in [0.25, 0.3) is 0 Å². The first-order valence-corrected chi connectivity index (χ1v) is 9.61. The summed E-state index contributed by atoms with van der Waals surface area (Å²) >= 11 is 0. The highest BCUT2D eigenvalue weighted by atomic mass is 16.5. The van der Waals surface area contributed by atoms with Gasteiger partial charge in [-0.05, 0) is 61.7 Å². The minimum atomic E-state index is -0.276. The average molecular weight is 309 g/mol. The Kier molecular flexibility index (Phi) is 4.40. The summed E-state index contributed by atoms with van der Waals surface area (Å²) in [5.74, 6) is 0.821. The number of aliphatic hydroxyl groups is 1. The monoisotopic (exact) mass is 308 g/mol. The molecule has 0 radical (unpaired) electrons. The van der Waals surface area contributed by atoms with Gasteiger partial charge in [-0.25, -0.2) is 0 Å². The molecule has 0 aromatic heterocycles. The van der Waals surface area contributed by atoms with Crippen molar-refractivity contribution in [3.63, 3.8) is 0 Å². The summed E-state index contributed by atoms with van der Waals surface area (Å²) in [5.41, 5.74) is 1.36. The Morgan fingerprint density at radius 3 is 2.68 bits per heavy atom. The normalized spacial score (nSPS) is 44.6. The zero-order valence-electron chi connectivity index (χ0n) is 15.2. The minimum Gasteiger partial charge on any atom is -0.391 e. The van der Waals surface area contributed by atoms with E-state index in [2.05, 4.69) is 27.7 Å². The van der Waals surface area contributed by atoms with Gasteiger partial charge >= 0.3 is 0 Å². The van der Waals surface area contributed by atoms with Gasteiger partial charge in [0.05, 0.1) is 18.8 Å². The van der Waals surface area contributed by atoms with Crippen LogP contribution in [0.4, 0.5) is 0 Å². The van der Waals surface area contributed by atoms with Gasteiger partial charge in [0.15, 0.2) is 0 Å². The van der Waals surface area contributed by atoms with Crippen molar-refractivity contribution in [3.05, 3.63) is 0 Å². The largest absolute Gasteiger partial charge is 0.391 e. The van der Waals surface area contributed by atoms with Gasteiger partial charge in [-0.3, -0.25) is 0 Å². The fraction of sp³-hybridized carbons (Fsp3) is 1.00. The molecule has 5 unspecified atom stereocenters. The second-order valence-electron chi connectivity index (χ2n) is 9.62. The highest BCUT2D eigenvalue weighted by molar-refractivity contribution is 5.13. The zero-order chi connectivity index (χ0) is 16.0. The van der Waals surface area contributed by atoms with Crippen LogP contribution in [0.3, 0.4) is 0 Å². The number of hydrogen-bond acceptors (Lipinski definition) is 2. The standard InChI is InChI=1S/C20H36O2/c1-5-7-15(21)13-22-17-12-18(2,3)16-8-11-19(4)9-6-10-20(16,17)14-19/h15-17,21H,5-14H2,1-4H3. The predicted octanol–water partition coefficient (Wildman–Crippen LogP) is 4.94. The van der Waals surface area contributed by atoms with Crippen molar-refractivity contribution in [2.45, 2.75) is 97.7 Å². The summed E-state index contributed by atoms with van der Waals surface area (Å²) < 4.78 is 6.39.